The molecule has 2 aromatic carbocycles. The van der Waals surface area contributed by atoms with E-state index in [4.69, 9.17) is 4.74 Å². The molecule has 4 heteroatoms. The molecule has 0 aliphatic heterocycles. The number of rotatable bonds is 11. The molecule has 0 unspecified atom stereocenters. The predicted octanol–water partition coefficient (Wildman–Crippen LogP) is 4.73. The number of nitrogens with zero attached hydrogens (tertiary/aromatic N) is 1. The highest BCUT2D eigenvalue weighted by molar-refractivity contribution is 7.99. The first-order valence-corrected chi connectivity index (χ1v) is 10.8. The molecule has 0 radical (unpaired) electrons. The van der Waals surface area contributed by atoms with Gasteiger partial charge in [0.2, 0.25) is 0 Å². The molecule has 0 amide bonds. The van der Waals surface area contributed by atoms with Crippen LogP contribution in [-0.4, -0.2) is 49.5 Å². The van der Waals surface area contributed by atoms with Crippen LogP contribution in [0.3, 0.4) is 0 Å². The molecular formula is C23H32NO2S+. The summed E-state index contributed by atoms with van der Waals surface area (Å²) in [5.41, 5.74) is 2.21. The molecule has 0 saturated heterocycles. The maximum Gasteiger partial charge on any atom is 0.310 e. The molecule has 0 aliphatic carbocycles. The van der Waals surface area contributed by atoms with Crippen LogP contribution >= 0.6 is 11.8 Å². The minimum Gasteiger partial charge on any atom is -0.464 e. The summed E-state index contributed by atoms with van der Waals surface area (Å²) in [6, 6.07) is 20.1. The van der Waals surface area contributed by atoms with E-state index >= 15 is 0 Å². The average Bonchev–Trinajstić information content (AvgIpc) is 2.71. The summed E-state index contributed by atoms with van der Waals surface area (Å²) < 4.78 is 6.70. The number of carbonyl (C=O) groups is 1. The smallest absolute Gasteiger partial charge is 0.310 e. The standard InChI is InChI=1S/C23H32NO2S/c1-4-24(3,5-2)16-17-27-22(21-14-10-7-11-15-21)19-26-23(25)18-20-12-8-6-9-13-20/h6-15,22H,4-5,16-19H2,1-3H3/q+1/t22-/m1/s1. The first-order chi connectivity index (χ1) is 13.1. The molecule has 1 atom stereocenters. The molecule has 0 spiro atoms. The van der Waals surface area contributed by atoms with Gasteiger partial charge in [0.05, 0.1) is 38.4 Å². The van der Waals surface area contributed by atoms with Gasteiger partial charge in [-0.3, -0.25) is 4.79 Å². The number of quaternary nitrogens is 1. The third kappa shape index (κ3) is 7.39. The maximum absolute atomic E-state index is 12.2. The monoisotopic (exact) mass is 386 g/mol. The zero-order chi connectivity index (χ0) is 19.5. The quantitative estimate of drug-likeness (QED) is 0.412. The number of hydrogen-bond donors (Lipinski definition) is 0. The SMILES string of the molecule is CC[N+](C)(CC)CCS[C@H](COC(=O)Cc1ccccc1)c1ccccc1. The Morgan fingerprint density at radius 3 is 2.19 bits per heavy atom. The highest BCUT2D eigenvalue weighted by Crippen LogP contribution is 2.29. The second-order valence-electron chi connectivity index (χ2n) is 7.09. The van der Waals surface area contributed by atoms with Gasteiger partial charge in [0.1, 0.15) is 6.61 Å². The Kier molecular flexibility index (Phi) is 8.89. The lowest BCUT2D eigenvalue weighted by Gasteiger charge is -2.32. The second-order valence-corrected chi connectivity index (χ2v) is 8.40. The molecule has 0 aromatic heterocycles. The van der Waals surface area contributed by atoms with Gasteiger partial charge < -0.3 is 9.22 Å². The summed E-state index contributed by atoms with van der Waals surface area (Å²) in [6.45, 7) is 8.31. The first kappa shape index (κ1) is 21.5. The third-order valence-electron chi connectivity index (χ3n) is 5.24. The zero-order valence-electron chi connectivity index (χ0n) is 16.8. The third-order valence-corrected chi connectivity index (χ3v) is 6.46. The number of benzene rings is 2. The number of thioether (sulfide) groups is 1. The summed E-state index contributed by atoms with van der Waals surface area (Å²) in [7, 11) is 2.30. The number of hydrogen-bond acceptors (Lipinski definition) is 3. The second kappa shape index (κ2) is 11.2. The van der Waals surface area contributed by atoms with Crippen LogP contribution in [-0.2, 0) is 16.0 Å². The summed E-state index contributed by atoms with van der Waals surface area (Å²) in [4.78, 5) is 12.2. The van der Waals surface area contributed by atoms with E-state index in [1.54, 1.807) is 0 Å². The maximum atomic E-state index is 12.2. The molecule has 0 bridgehead atoms. The van der Waals surface area contributed by atoms with Crippen LogP contribution in [0.15, 0.2) is 60.7 Å². The lowest BCUT2D eigenvalue weighted by Crippen LogP contribution is -2.45. The van der Waals surface area contributed by atoms with Crippen molar-refractivity contribution in [3.8, 4) is 0 Å². The van der Waals surface area contributed by atoms with Crippen LogP contribution < -0.4 is 0 Å². The Hall–Kier alpha value is -1.78. The van der Waals surface area contributed by atoms with Crippen LogP contribution in [0, 0.1) is 0 Å². The number of ether oxygens (including phenoxy) is 1. The van der Waals surface area contributed by atoms with Gasteiger partial charge in [0, 0.05) is 5.75 Å². The van der Waals surface area contributed by atoms with Crippen LogP contribution in [0.5, 0.6) is 0 Å². The fraction of sp³-hybridized carbons (Fsp3) is 0.435. The van der Waals surface area contributed by atoms with E-state index in [0.29, 0.717) is 13.0 Å². The van der Waals surface area contributed by atoms with Crippen molar-refractivity contribution in [2.75, 3.05) is 39.0 Å². The van der Waals surface area contributed by atoms with Gasteiger partial charge in [-0.25, -0.2) is 0 Å². The van der Waals surface area contributed by atoms with Gasteiger partial charge in [0.25, 0.3) is 0 Å². The predicted molar refractivity (Wildman–Crippen MR) is 115 cm³/mol. The van der Waals surface area contributed by atoms with Crippen molar-refractivity contribution in [2.45, 2.75) is 25.5 Å². The van der Waals surface area contributed by atoms with E-state index in [-0.39, 0.29) is 11.2 Å². The molecule has 0 fully saturated rings. The molecule has 2 aromatic rings. The molecule has 146 valence electrons. The van der Waals surface area contributed by atoms with E-state index in [2.05, 4.69) is 33.0 Å². The molecular weight excluding hydrogens is 354 g/mol. The Morgan fingerprint density at radius 1 is 1.00 bits per heavy atom. The van der Waals surface area contributed by atoms with Gasteiger partial charge in [-0.2, -0.15) is 0 Å². The molecule has 0 N–H and O–H groups in total. The normalized spacial score (nSPS) is 12.6. The van der Waals surface area contributed by atoms with Crippen LogP contribution in [0.4, 0.5) is 0 Å². The van der Waals surface area contributed by atoms with E-state index in [9.17, 15) is 4.79 Å². The summed E-state index contributed by atoms with van der Waals surface area (Å²) in [5.74, 6) is 0.888. The van der Waals surface area contributed by atoms with Gasteiger partial charge in [-0.05, 0) is 25.0 Å². The molecule has 27 heavy (non-hydrogen) atoms. The molecule has 0 saturated carbocycles. The fourth-order valence-electron chi connectivity index (χ4n) is 2.85. The fourth-order valence-corrected chi connectivity index (χ4v) is 4.19. The lowest BCUT2D eigenvalue weighted by molar-refractivity contribution is -0.903. The van der Waals surface area contributed by atoms with Gasteiger partial charge >= 0.3 is 5.97 Å². The van der Waals surface area contributed by atoms with Crippen molar-refractivity contribution in [3.63, 3.8) is 0 Å². The Balaban J connectivity index is 1.91. The average molecular weight is 387 g/mol. The Bertz CT molecular complexity index is 671. The van der Waals surface area contributed by atoms with Gasteiger partial charge in [0.15, 0.2) is 0 Å². The van der Waals surface area contributed by atoms with E-state index < -0.39 is 0 Å². The molecule has 3 nitrogen and oxygen atoms in total. The van der Waals surface area contributed by atoms with Crippen molar-refractivity contribution >= 4 is 17.7 Å². The Labute approximate surface area is 168 Å². The first-order valence-electron chi connectivity index (χ1n) is 9.76. The van der Waals surface area contributed by atoms with Crippen molar-refractivity contribution in [1.82, 2.24) is 0 Å². The van der Waals surface area contributed by atoms with Crippen molar-refractivity contribution in [3.05, 3.63) is 71.8 Å². The van der Waals surface area contributed by atoms with Crippen molar-refractivity contribution in [2.24, 2.45) is 0 Å². The Morgan fingerprint density at radius 2 is 1.59 bits per heavy atom. The highest BCUT2D eigenvalue weighted by atomic mass is 32.2. The van der Waals surface area contributed by atoms with Crippen LogP contribution in [0.2, 0.25) is 0 Å². The van der Waals surface area contributed by atoms with Crippen molar-refractivity contribution < 1.29 is 14.0 Å². The van der Waals surface area contributed by atoms with E-state index in [0.717, 1.165) is 35.4 Å². The summed E-state index contributed by atoms with van der Waals surface area (Å²) in [5, 5.41) is 0.174. The van der Waals surface area contributed by atoms with Crippen LogP contribution in [0.1, 0.15) is 30.2 Å². The molecule has 0 aliphatic rings. The number of esters is 1. The topological polar surface area (TPSA) is 26.3 Å². The lowest BCUT2D eigenvalue weighted by atomic mass is 10.1. The molecule has 0 heterocycles. The molecule has 2 rings (SSSR count). The number of carbonyl (C=O) groups excluding carboxylic acids is 1. The van der Waals surface area contributed by atoms with Crippen LogP contribution in [0.25, 0.3) is 0 Å². The van der Waals surface area contributed by atoms with Gasteiger partial charge in [-0.1, -0.05) is 60.7 Å². The minimum atomic E-state index is -0.162. The van der Waals surface area contributed by atoms with E-state index in [1.165, 1.54) is 5.56 Å². The summed E-state index contributed by atoms with van der Waals surface area (Å²) in [6.07, 6.45) is 0.327. The summed E-state index contributed by atoms with van der Waals surface area (Å²) >= 11 is 1.89. The zero-order valence-corrected chi connectivity index (χ0v) is 17.6. The van der Waals surface area contributed by atoms with Crippen molar-refractivity contribution in [1.29, 1.82) is 0 Å². The van der Waals surface area contributed by atoms with E-state index in [1.807, 2.05) is 60.3 Å². The van der Waals surface area contributed by atoms with Gasteiger partial charge in [-0.15, -0.1) is 11.8 Å². The minimum absolute atomic E-state index is 0.162. The largest absolute Gasteiger partial charge is 0.464 e. The highest BCUT2D eigenvalue weighted by Gasteiger charge is 2.20.